The Labute approximate surface area is 87.7 Å². The Kier molecular flexibility index (Phi) is 1.98. The van der Waals surface area contributed by atoms with Gasteiger partial charge in [-0.05, 0) is 30.4 Å². The van der Waals surface area contributed by atoms with E-state index in [2.05, 4.69) is 44.9 Å². The van der Waals surface area contributed by atoms with E-state index in [1.165, 1.54) is 24.0 Å². The molecular formula is C11H12N4. The molecule has 0 saturated carbocycles. The summed E-state index contributed by atoms with van der Waals surface area (Å²) < 4.78 is 0. The Morgan fingerprint density at radius 1 is 1.27 bits per heavy atom. The van der Waals surface area contributed by atoms with Crippen molar-refractivity contribution in [2.24, 2.45) is 0 Å². The average Bonchev–Trinajstić information content (AvgIpc) is 2.82. The van der Waals surface area contributed by atoms with E-state index in [1.54, 1.807) is 0 Å². The molecule has 0 saturated heterocycles. The van der Waals surface area contributed by atoms with E-state index in [0.29, 0.717) is 5.92 Å². The third kappa shape index (κ3) is 1.42. The van der Waals surface area contributed by atoms with Crippen LogP contribution >= 0.6 is 0 Å². The van der Waals surface area contributed by atoms with Crippen molar-refractivity contribution >= 4 is 0 Å². The topological polar surface area (TPSA) is 54.5 Å². The first-order chi connectivity index (χ1) is 7.45. The summed E-state index contributed by atoms with van der Waals surface area (Å²) in [6.45, 7) is 0. The number of aryl methyl sites for hydroxylation is 1. The molecule has 1 atom stereocenters. The highest BCUT2D eigenvalue weighted by atomic mass is 15.5. The maximum atomic E-state index is 4.09. The molecule has 1 heterocycles. The fraction of sp³-hybridized carbons (Fsp3) is 0.364. The number of aromatic amines is 1. The van der Waals surface area contributed by atoms with Gasteiger partial charge in [-0.15, -0.1) is 10.2 Å². The van der Waals surface area contributed by atoms with Crippen LogP contribution in [0.3, 0.4) is 0 Å². The lowest BCUT2D eigenvalue weighted by molar-refractivity contribution is 0.591. The molecule has 0 unspecified atom stereocenters. The number of benzene rings is 1. The molecule has 0 spiro atoms. The molecule has 1 aromatic heterocycles. The molecule has 2 aromatic rings. The van der Waals surface area contributed by atoms with Crippen LogP contribution in [0.5, 0.6) is 0 Å². The van der Waals surface area contributed by atoms with E-state index >= 15 is 0 Å². The van der Waals surface area contributed by atoms with Gasteiger partial charge in [-0.25, -0.2) is 0 Å². The molecule has 3 rings (SSSR count). The van der Waals surface area contributed by atoms with Crippen molar-refractivity contribution in [3.63, 3.8) is 0 Å². The van der Waals surface area contributed by atoms with Crippen molar-refractivity contribution in [3.8, 4) is 0 Å². The van der Waals surface area contributed by atoms with Crippen LogP contribution in [0.15, 0.2) is 24.3 Å². The molecule has 0 amide bonds. The molecule has 76 valence electrons. The van der Waals surface area contributed by atoms with Crippen LogP contribution in [-0.2, 0) is 6.42 Å². The molecule has 1 aliphatic rings. The van der Waals surface area contributed by atoms with Gasteiger partial charge in [0, 0.05) is 5.92 Å². The molecular weight excluding hydrogens is 188 g/mol. The van der Waals surface area contributed by atoms with E-state index in [-0.39, 0.29) is 0 Å². The smallest absolute Gasteiger partial charge is 0.177 e. The molecule has 0 fully saturated rings. The normalized spacial score (nSPS) is 19.9. The second kappa shape index (κ2) is 3.46. The zero-order valence-corrected chi connectivity index (χ0v) is 8.35. The first-order valence-electron chi connectivity index (χ1n) is 5.26. The Morgan fingerprint density at radius 3 is 3.07 bits per heavy atom. The van der Waals surface area contributed by atoms with Crippen LogP contribution < -0.4 is 0 Å². The quantitative estimate of drug-likeness (QED) is 0.761. The molecule has 0 aliphatic heterocycles. The van der Waals surface area contributed by atoms with Crippen LogP contribution in [0.2, 0.25) is 0 Å². The SMILES string of the molecule is c1ccc2c(c1)CCC[C@@H]2c1nn[nH]n1. The number of tetrazole rings is 1. The molecule has 0 radical (unpaired) electrons. The van der Waals surface area contributed by atoms with Crippen molar-refractivity contribution < 1.29 is 0 Å². The summed E-state index contributed by atoms with van der Waals surface area (Å²) >= 11 is 0. The summed E-state index contributed by atoms with van der Waals surface area (Å²) in [4.78, 5) is 0. The number of rotatable bonds is 1. The number of H-pyrrole nitrogens is 1. The second-order valence-electron chi connectivity index (χ2n) is 3.91. The van der Waals surface area contributed by atoms with Crippen LogP contribution in [0.1, 0.15) is 35.7 Å². The van der Waals surface area contributed by atoms with Gasteiger partial charge >= 0.3 is 0 Å². The predicted molar refractivity (Wildman–Crippen MR) is 55.4 cm³/mol. The summed E-state index contributed by atoms with van der Waals surface area (Å²) in [5.74, 6) is 1.15. The van der Waals surface area contributed by atoms with Crippen LogP contribution in [0.25, 0.3) is 0 Å². The first kappa shape index (κ1) is 8.59. The minimum absolute atomic E-state index is 0.327. The molecule has 1 aromatic carbocycles. The number of hydrogen-bond acceptors (Lipinski definition) is 3. The van der Waals surface area contributed by atoms with Gasteiger partial charge in [0.25, 0.3) is 0 Å². The van der Waals surface area contributed by atoms with Crippen molar-refractivity contribution in [3.05, 3.63) is 41.2 Å². The summed E-state index contributed by atoms with van der Waals surface area (Å²) in [7, 11) is 0. The summed E-state index contributed by atoms with van der Waals surface area (Å²) in [5.41, 5.74) is 2.80. The van der Waals surface area contributed by atoms with Crippen molar-refractivity contribution in [2.45, 2.75) is 25.2 Å². The van der Waals surface area contributed by atoms with Gasteiger partial charge in [-0.1, -0.05) is 29.5 Å². The van der Waals surface area contributed by atoms with Crippen LogP contribution in [-0.4, -0.2) is 20.6 Å². The number of hydrogen-bond donors (Lipinski definition) is 1. The summed E-state index contributed by atoms with van der Waals surface area (Å²) in [6, 6.07) is 8.55. The second-order valence-corrected chi connectivity index (χ2v) is 3.91. The van der Waals surface area contributed by atoms with E-state index < -0.39 is 0 Å². The number of nitrogens with one attached hydrogen (secondary N) is 1. The summed E-state index contributed by atoms with van der Waals surface area (Å²) in [6.07, 6.45) is 3.50. The lowest BCUT2D eigenvalue weighted by Crippen LogP contribution is -2.12. The minimum Gasteiger partial charge on any atom is -0.177 e. The van der Waals surface area contributed by atoms with E-state index in [1.807, 2.05) is 0 Å². The van der Waals surface area contributed by atoms with Gasteiger partial charge in [-0.2, -0.15) is 5.21 Å². The maximum absolute atomic E-state index is 4.09. The standard InChI is InChI=1S/C11H12N4/c1-2-6-9-8(4-1)5-3-7-10(9)11-12-14-15-13-11/h1-2,4,6,10H,3,5,7H2,(H,12,13,14,15)/t10-/m0/s1. The van der Waals surface area contributed by atoms with Gasteiger partial charge in [0.2, 0.25) is 0 Å². The zero-order chi connectivity index (χ0) is 10.1. The lowest BCUT2D eigenvalue weighted by atomic mass is 9.82. The molecule has 4 heteroatoms. The Balaban J connectivity index is 2.06. The highest BCUT2D eigenvalue weighted by Crippen LogP contribution is 2.34. The van der Waals surface area contributed by atoms with Crippen molar-refractivity contribution in [2.75, 3.05) is 0 Å². The number of aromatic nitrogens is 4. The predicted octanol–water partition coefficient (Wildman–Crippen LogP) is 1.67. The Bertz CT molecular complexity index is 449. The number of fused-ring (bicyclic) bond motifs is 1. The minimum atomic E-state index is 0.327. The van der Waals surface area contributed by atoms with Gasteiger partial charge in [0.05, 0.1) is 0 Å². The molecule has 15 heavy (non-hydrogen) atoms. The zero-order valence-electron chi connectivity index (χ0n) is 8.35. The third-order valence-corrected chi connectivity index (χ3v) is 3.04. The number of nitrogens with zero attached hydrogens (tertiary/aromatic N) is 3. The van der Waals surface area contributed by atoms with Crippen LogP contribution in [0, 0.1) is 0 Å². The van der Waals surface area contributed by atoms with Gasteiger partial charge < -0.3 is 0 Å². The van der Waals surface area contributed by atoms with E-state index in [4.69, 9.17) is 0 Å². The van der Waals surface area contributed by atoms with Gasteiger partial charge in [-0.3, -0.25) is 0 Å². The fourth-order valence-corrected chi connectivity index (χ4v) is 2.34. The monoisotopic (exact) mass is 200 g/mol. The molecule has 4 nitrogen and oxygen atoms in total. The lowest BCUT2D eigenvalue weighted by Gasteiger charge is -2.22. The Morgan fingerprint density at radius 2 is 2.20 bits per heavy atom. The molecule has 1 aliphatic carbocycles. The fourth-order valence-electron chi connectivity index (χ4n) is 2.34. The highest BCUT2D eigenvalue weighted by Gasteiger charge is 2.24. The largest absolute Gasteiger partial charge is 0.181 e. The highest BCUT2D eigenvalue weighted by molar-refractivity contribution is 5.35. The van der Waals surface area contributed by atoms with E-state index in [9.17, 15) is 0 Å². The van der Waals surface area contributed by atoms with E-state index in [0.717, 1.165) is 12.2 Å². The van der Waals surface area contributed by atoms with Gasteiger partial charge in [0.1, 0.15) is 0 Å². The maximum Gasteiger partial charge on any atom is 0.181 e. The summed E-state index contributed by atoms with van der Waals surface area (Å²) in [5, 5.41) is 14.3. The third-order valence-electron chi connectivity index (χ3n) is 3.04. The Hall–Kier alpha value is -1.71. The van der Waals surface area contributed by atoms with Gasteiger partial charge in [0.15, 0.2) is 5.82 Å². The van der Waals surface area contributed by atoms with Crippen molar-refractivity contribution in [1.29, 1.82) is 0 Å². The van der Waals surface area contributed by atoms with Crippen molar-refractivity contribution in [1.82, 2.24) is 20.6 Å². The molecule has 1 N–H and O–H groups in total. The first-order valence-corrected chi connectivity index (χ1v) is 5.26. The molecule has 0 bridgehead atoms. The average molecular weight is 200 g/mol. The van der Waals surface area contributed by atoms with Crippen LogP contribution in [0.4, 0.5) is 0 Å².